The number of para-hydroxylation sites is 1. The standard InChI is InChI=1S/C23H18ClN3OS/c24-17-12-10-16(11-13-17)23-20-9-5-4-8-19(20)21(28)26(23)14-15-27(23)22(29)25-18-6-2-1-3-7-18/h1-13H,14-15H2,(H,25,29). The van der Waals surface area contributed by atoms with Crippen LogP contribution in [0.1, 0.15) is 21.5 Å². The molecule has 1 amide bonds. The second-order valence-corrected chi connectivity index (χ2v) is 7.95. The van der Waals surface area contributed by atoms with Gasteiger partial charge in [-0.1, -0.05) is 60.1 Å². The molecule has 0 aromatic heterocycles. The summed E-state index contributed by atoms with van der Waals surface area (Å²) < 4.78 is 0. The largest absolute Gasteiger partial charge is 0.333 e. The van der Waals surface area contributed by atoms with Crippen LogP contribution in [0.15, 0.2) is 78.9 Å². The number of rotatable bonds is 2. The molecule has 3 aromatic rings. The van der Waals surface area contributed by atoms with Gasteiger partial charge in [0.15, 0.2) is 10.8 Å². The lowest BCUT2D eigenvalue weighted by molar-refractivity contribution is 0.0604. The van der Waals surface area contributed by atoms with Crippen molar-refractivity contribution >= 4 is 40.5 Å². The van der Waals surface area contributed by atoms with Crippen molar-refractivity contribution in [3.63, 3.8) is 0 Å². The molecule has 6 heteroatoms. The minimum atomic E-state index is -0.781. The second kappa shape index (κ2) is 6.87. The fourth-order valence-electron chi connectivity index (χ4n) is 4.44. The van der Waals surface area contributed by atoms with Crippen molar-refractivity contribution in [3.05, 3.63) is 101 Å². The van der Waals surface area contributed by atoms with Crippen molar-refractivity contribution in [1.29, 1.82) is 0 Å². The first-order valence-electron chi connectivity index (χ1n) is 9.43. The lowest BCUT2D eigenvalue weighted by Crippen LogP contribution is -2.52. The van der Waals surface area contributed by atoms with Gasteiger partial charge in [0.25, 0.3) is 5.91 Å². The molecular formula is C23H18ClN3OS. The highest BCUT2D eigenvalue weighted by Crippen LogP contribution is 2.49. The van der Waals surface area contributed by atoms with E-state index in [0.29, 0.717) is 23.2 Å². The fourth-order valence-corrected chi connectivity index (χ4v) is 4.91. The minimum absolute atomic E-state index is 0.0283. The summed E-state index contributed by atoms with van der Waals surface area (Å²) in [4.78, 5) is 17.3. The van der Waals surface area contributed by atoms with Crippen molar-refractivity contribution < 1.29 is 4.79 Å². The van der Waals surface area contributed by atoms with Gasteiger partial charge in [0.2, 0.25) is 0 Å². The topological polar surface area (TPSA) is 35.6 Å². The van der Waals surface area contributed by atoms with Gasteiger partial charge in [-0.15, -0.1) is 0 Å². The number of thiocarbonyl (C=S) groups is 1. The number of nitrogens with one attached hydrogen (secondary N) is 1. The highest BCUT2D eigenvalue weighted by atomic mass is 35.5. The van der Waals surface area contributed by atoms with Crippen LogP contribution in [-0.2, 0) is 5.66 Å². The first-order valence-corrected chi connectivity index (χ1v) is 10.2. The van der Waals surface area contributed by atoms with E-state index in [1.54, 1.807) is 0 Å². The fraction of sp³-hybridized carbons (Fsp3) is 0.130. The van der Waals surface area contributed by atoms with E-state index in [2.05, 4.69) is 10.2 Å². The Balaban J connectivity index is 1.67. The maximum atomic E-state index is 13.3. The van der Waals surface area contributed by atoms with Gasteiger partial charge in [-0.05, 0) is 42.5 Å². The summed E-state index contributed by atoms with van der Waals surface area (Å²) in [6.07, 6.45) is 0. The van der Waals surface area contributed by atoms with Crippen LogP contribution in [0.4, 0.5) is 5.69 Å². The van der Waals surface area contributed by atoms with E-state index < -0.39 is 5.66 Å². The van der Waals surface area contributed by atoms with Crippen molar-refractivity contribution in [1.82, 2.24) is 9.80 Å². The van der Waals surface area contributed by atoms with Crippen molar-refractivity contribution in [3.8, 4) is 0 Å². The SMILES string of the molecule is O=C1c2ccccc2C2(c3ccc(Cl)cc3)N1CCN2C(=S)Nc1ccccc1. The van der Waals surface area contributed by atoms with Crippen LogP contribution in [0, 0.1) is 0 Å². The first-order chi connectivity index (χ1) is 14.1. The van der Waals surface area contributed by atoms with Gasteiger partial charge >= 0.3 is 0 Å². The van der Waals surface area contributed by atoms with Gasteiger partial charge in [0.1, 0.15) is 0 Å². The Bertz CT molecular complexity index is 1100. The minimum Gasteiger partial charge on any atom is -0.333 e. The van der Waals surface area contributed by atoms with Crippen molar-refractivity contribution in [2.75, 3.05) is 18.4 Å². The molecule has 2 aliphatic heterocycles. The molecule has 1 fully saturated rings. The predicted molar refractivity (Wildman–Crippen MR) is 119 cm³/mol. The molecule has 0 spiro atoms. The lowest BCUT2D eigenvalue weighted by atomic mass is 9.90. The van der Waals surface area contributed by atoms with Crippen LogP contribution < -0.4 is 5.32 Å². The Kier molecular flexibility index (Phi) is 4.30. The molecule has 3 aromatic carbocycles. The van der Waals surface area contributed by atoms with E-state index in [0.717, 1.165) is 22.4 Å². The van der Waals surface area contributed by atoms with Crippen LogP contribution in [0.25, 0.3) is 0 Å². The third-order valence-corrected chi connectivity index (χ3v) is 6.20. The number of halogens is 1. The average Bonchev–Trinajstić information content (AvgIpc) is 3.25. The summed E-state index contributed by atoms with van der Waals surface area (Å²) in [6.45, 7) is 1.23. The summed E-state index contributed by atoms with van der Waals surface area (Å²) in [6, 6.07) is 25.3. The Morgan fingerprint density at radius 1 is 0.931 bits per heavy atom. The zero-order valence-corrected chi connectivity index (χ0v) is 17.1. The monoisotopic (exact) mass is 419 g/mol. The lowest BCUT2D eigenvalue weighted by Gasteiger charge is -2.41. The number of amides is 1. The number of carbonyl (C=O) groups excluding carboxylic acids is 1. The predicted octanol–water partition coefficient (Wildman–Crippen LogP) is 4.71. The van der Waals surface area contributed by atoms with E-state index in [-0.39, 0.29) is 5.91 Å². The molecule has 2 aliphatic rings. The first kappa shape index (κ1) is 18.2. The van der Waals surface area contributed by atoms with Crippen LogP contribution in [0.2, 0.25) is 5.02 Å². The second-order valence-electron chi connectivity index (χ2n) is 7.13. The summed E-state index contributed by atoms with van der Waals surface area (Å²) in [7, 11) is 0. The number of benzene rings is 3. The smallest absolute Gasteiger partial charge is 0.256 e. The van der Waals surface area contributed by atoms with E-state index in [9.17, 15) is 4.79 Å². The molecule has 1 N–H and O–H groups in total. The third-order valence-electron chi connectivity index (χ3n) is 5.62. The van der Waals surface area contributed by atoms with Crippen molar-refractivity contribution in [2.24, 2.45) is 0 Å². The molecule has 4 nitrogen and oxygen atoms in total. The van der Waals surface area contributed by atoms with Gasteiger partial charge in [-0.3, -0.25) is 4.79 Å². The Morgan fingerprint density at radius 2 is 1.62 bits per heavy atom. The van der Waals surface area contributed by atoms with Crippen LogP contribution in [0.3, 0.4) is 0 Å². The van der Waals surface area contributed by atoms with Gasteiger partial charge in [0.05, 0.1) is 0 Å². The van der Waals surface area contributed by atoms with Gasteiger partial charge in [0, 0.05) is 40.5 Å². The highest BCUT2D eigenvalue weighted by Gasteiger charge is 2.58. The molecule has 0 radical (unpaired) electrons. The molecule has 5 rings (SSSR count). The molecule has 1 unspecified atom stereocenters. The number of anilines is 1. The Labute approximate surface area is 179 Å². The molecule has 0 aliphatic carbocycles. The quantitative estimate of drug-likeness (QED) is 0.610. The molecule has 0 bridgehead atoms. The zero-order chi connectivity index (χ0) is 20.0. The Hall–Kier alpha value is -2.89. The number of fused-ring (bicyclic) bond motifs is 3. The molecular weight excluding hydrogens is 402 g/mol. The number of hydrogen-bond donors (Lipinski definition) is 1. The zero-order valence-electron chi connectivity index (χ0n) is 15.5. The van der Waals surface area contributed by atoms with Crippen LogP contribution in [0.5, 0.6) is 0 Å². The third kappa shape index (κ3) is 2.65. The highest BCUT2D eigenvalue weighted by molar-refractivity contribution is 7.80. The summed E-state index contributed by atoms with van der Waals surface area (Å²) >= 11 is 12.0. The summed E-state index contributed by atoms with van der Waals surface area (Å²) in [5.74, 6) is 0.0283. The summed E-state index contributed by atoms with van der Waals surface area (Å²) in [5, 5.41) is 4.58. The van der Waals surface area contributed by atoms with E-state index in [4.69, 9.17) is 23.8 Å². The van der Waals surface area contributed by atoms with Crippen LogP contribution >= 0.6 is 23.8 Å². The summed E-state index contributed by atoms with van der Waals surface area (Å²) in [5.41, 5.74) is 2.77. The van der Waals surface area contributed by atoms with E-state index >= 15 is 0 Å². The van der Waals surface area contributed by atoms with Gasteiger partial charge < -0.3 is 15.1 Å². The average molecular weight is 420 g/mol. The van der Waals surface area contributed by atoms with E-state index in [1.807, 2.05) is 83.8 Å². The maximum absolute atomic E-state index is 13.3. The number of nitrogens with zero attached hydrogens (tertiary/aromatic N) is 2. The molecule has 29 heavy (non-hydrogen) atoms. The normalized spacial score (nSPS) is 19.8. The molecule has 144 valence electrons. The Morgan fingerprint density at radius 3 is 2.38 bits per heavy atom. The molecule has 0 saturated carbocycles. The number of hydrogen-bond acceptors (Lipinski definition) is 2. The van der Waals surface area contributed by atoms with E-state index in [1.165, 1.54) is 0 Å². The molecule has 1 saturated heterocycles. The maximum Gasteiger partial charge on any atom is 0.256 e. The molecule has 2 heterocycles. The van der Waals surface area contributed by atoms with Gasteiger partial charge in [-0.25, -0.2) is 0 Å². The van der Waals surface area contributed by atoms with Gasteiger partial charge in [-0.2, -0.15) is 0 Å². The molecule has 1 atom stereocenters. The number of carbonyl (C=O) groups is 1. The van der Waals surface area contributed by atoms with Crippen LogP contribution in [-0.4, -0.2) is 33.9 Å². The van der Waals surface area contributed by atoms with Crippen molar-refractivity contribution in [2.45, 2.75) is 5.66 Å².